The maximum absolute atomic E-state index is 9.39. The minimum atomic E-state index is 0.740. The summed E-state index contributed by atoms with van der Waals surface area (Å²) in [6.45, 7) is 3.92. The number of hydrogen-bond donors (Lipinski definition) is 0. The molecule has 3 rings (SSSR count). The van der Waals surface area contributed by atoms with E-state index in [0.29, 0.717) is 0 Å². The fourth-order valence-electron chi connectivity index (χ4n) is 2.85. The topological polar surface area (TPSA) is 30.3 Å². The van der Waals surface area contributed by atoms with Crippen LogP contribution in [0.1, 0.15) is 11.1 Å². The van der Waals surface area contributed by atoms with Crippen LogP contribution in [0, 0.1) is 18.3 Å². The Labute approximate surface area is 119 Å². The highest BCUT2D eigenvalue weighted by molar-refractivity contribution is 5.82. The molecule has 0 radical (unpaired) electrons. The average Bonchev–Trinajstić information content (AvgIpc) is 2.48. The highest BCUT2D eigenvalue weighted by Crippen LogP contribution is 2.39. The number of hydrogen-bond acceptors (Lipinski definition) is 3. The van der Waals surface area contributed by atoms with Gasteiger partial charge in [0.1, 0.15) is 6.07 Å². The quantitative estimate of drug-likeness (QED) is 0.789. The van der Waals surface area contributed by atoms with Gasteiger partial charge >= 0.3 is 0 Å². The molecule has 1 aliphatic rings. The maximum Gasteiger partial charge on any atom is 0.101 e. The summed E-state index contributed by atoms with van der Waals surface area (Å²) in [6.07, 6.45) is 0. The van der Waals surface area contributed by atoms with Crippen molar-refractivity contribution in [3.63, 3.8) is 0 Å². The third kappa shape index (κ3) is 1.90. The van der Waals surface area contributed by atoms with E-state index < -0.39 is 0 Å². The van der Waals surface area contributed by atoms with Gasteiger partial charge in [-0.15, -0.1) is 0 Å². The Bertz CT molecular complexity index is 685. The second-order valence-corrected chi connectivity index (χ2v) is 5.14. The number of aryl methyl sites for hydroxylation is 1. The lowest BCUT2D eigenvalue weighted by molar-refractivity contribution is 0.819. The normalized spacial score (nSPS) is 13.8. The van der Waals surface area contributed by atoms with Crippen molar-refractivity contribution in [2.75, 3.05) is 29.9 Å². The van der Waals surface area contributed by atoms with E-state index in [-0.39, 0.29) is 0 Å². The molecule has 20 heavy (non-hydrogen) atoms. The van der Waals surface area contributed by atoms with Gasteiger partial charge in [0.05, 0.1) is 22.6 Å². The van der Waals surface area contributed by atoms with Crippen LogP contribution >= 0.6 is 0 Å². The minimum Gasteiger partial charge on any atom is -0.371 e. The summed E-state index contributed by atoms with van der Waals surface area (Å²) >= 11 is 0. The van der Waals surface area contributed by atoms with Crippen molar-refractivity contribution < 1.29 is 0 Å². The first-order valence-corrected chi connectivity index (χ1v) is 6.80. The molecule has 0 aliphatic carbocycles. The molecule has 0 fully saturated rings. The molecule has 2 aromatic carbocycles. The zero-order valence-electron chi connectivity index (χ0n) is 11.8. The van der Waals surface area contributed by atoms with Crippen molar-refractivity contribution in [3.05, 3.63) is 53.6 Å². The van der Waals surface area contributed by atoms with Gasteiger partial charge in [0.25, 0.3) is 0 Å². The van der Waals surface area contributed by atoms with Gasteiger partial charge in [0, 0.05) is 20.1 Å². The zero-order chi connectivity index (χ0) is 14.1. The smallest absolute Gasteiger partial charge is 0.101 e. The Morgan fingerprint density at radius 3 is 2.50 bits per heavy atom. The molecule has 0 saturated carbocycles. The third-order valence-electron chi connectivity index (χ3n) is 3.87. The number of rotatable bonds is 1. The molecule has 0 atom stereocenters. The van der Waals surface area contributed by atoms with E-state index in [0.717, 1.165) is 29.9 Å². The van der Waals surface area contributed by atoms with E-state index in [1.54, 1.807) is 0 Å². The lowest BCUT2D eigenvalue weighted by Gasteiger charge is -2.38. The molecule has 3 heteroatoms. The summed E-state index contributed by atoms with van der Waals surface area (Å²) in [5, 5.41) is 9.39. The van der Waals surface area contributed by atoms with Crippen LogP contribution in [0.2, 0.25) is 0 Å². The van der Waals surface area contributed by atoms with Crippen molar-refractivity contribution in [3.8, 4) is 6.07 Å². The van der Waals surface area contributed by atoms with Crippen molar-refractivity contribution in [1.82, 2.24) is 0 Å². The number of nitrogens with zero attached hydrogens (tertiary/aromatic N) is 3. The number of anilines is 3. The Hall–Kier alpha value is -2.47. The SMILES string of the molecule is Cc1cccc(C#N)c1N1CCN(C)c2ccccc21. The van der Waals surface area contributed by atoms with Gasteiger partial charge in [-0.1, -0.05) is 24.3 Å². The molecule has 0 N–H and O–H groups in total. The molecule has 0 saturated heterocycles. The number of benzene rings is 2. The largest absolute Gasteiger partial charge is 0.371 e. The first kappa shape index (κ1) is 12.6. The maximum atomic E-state index is 9.39. The van der Waals surface area contributed by atoms with Crippen LogP contribution in [0.25, 0.3) is 0 Å². The lowest BCUT2D eigenvalue weighted by Crippen LogP contribution is -2.37. The molecule has 0 amide bonds. The molecule has 2 aromatic rings. The molecular formula is C17H17N3. The fraction of sp³-hybridized carbons (Fsp3) is 0.235. The number of fused-ring (bicyclic) bond motifs is 1. The van der Waals surface area contributed by atoms with Crippen LogP contribution < -0.4 is 9.80 Å². The summed E-state index contributed by atoms with van der Waals surface area (Å²) in [5.74, 6) is 0. The lowest BCUT2D eigenvalue weighted by atomic mass is 10.0. The van der Waals surface area contributed by atoms with E-state index in [1.165, 1.54) is 11.4 Å². The molecule has 0 spiro atoms. The van der Waals surface area contributed by atoms with Gasteiger partial charge in [-0.3, -0.25) is 0 Å². The molecule has 0 unspecified atom stereocenters. The number of para-hydroxylation sites is 3. The second kappa shape index (κ2) is 4.90. The fourth-order valence-corrected chi connectivity index (χ4v) is 2.85. The van der Waals surface area contributed by atoms with Crippen molar-refractivity contribution >= 4 is 17.1 Å². The standard InChI is InChI=1S/C17H17N3/c1-13-6-5-7-14(12-18)17(13)20-11-10-19(2)15-8-3-4-9-16(15)20/h3-9H,10-11H2,1-2H3. The minimum absolute atomic E-state index is 0.740. The zero-order valence-corrected chi connectivity index (χ0v) is 11.8. The predicted octanol–water partition coefficient (Wildman–Crippen LogP) is 3.45. The number of nitriles is 1. The van der Waals surface area contributed by atoms with Crippen LogP contribution in [0.3, 0.4) is 0 Å². The van der Waals surface area contributed by atoms with Gasteiger partial charge in [-0.05, 0) is 30.7 Å². The summed E-state index contributed by atoms with van der Waals surface area (Å²) in [7, 11) is 2.11. The van der Waals surface area contributed by atoms with Gasteiger partial charge in [-0.2, -0.15) is 5.26 Å². The summed E-state index contributed by atoms with van der Waals surface area (Å²) in [4.78, 5) is 4.53. The van der Waals surface area contributed by atoms with Crippen molar-refractivity contribution in [2.45, 2.75) is 6.92 Å². The van der Waals surface area contributed by atoms with Gasteiger partial charge in [-0.25, -0.2) is 0 Å². The Kier molecular flexibility index (Phi) is 3.08. The Morgan fingerprint density at radius 1 is 1.00 bits per heavy atom. The van der Waals surface area contributed by atoms with E-state index in [2.05, 4.69) is 60.2 Å². The molecule has 0 aromatic heterocycles. The molecule has 1 heterocycles. The first-order valence-electron chi connectivity index (χ1n) is 6.80. The van der Waals surface area contributed by atoms with Gasteiger partial charge < -0.3 is 9.80 Å². The molecule has 3 nitrogen and oxygen atoms in total. The monoisotopic (exact) mass is 263 g/mol. The summed E-state index contributed by atoms with van der Waals surface area (Å²) in [6, 6.07) is 16.6. The second-order valence-electron chi connectivity index (χ2n) is 5.14. The van der Waals surface area contributed by atoms with Crippen LogP contribution in [-0.2, 0) is 0 Å². The van der Waals surface area contributed by atoms with E-state index in [4.69, 9.17) is 0 Å². The first-order chi connectivity index (χ1) is 9.72. The van der Waals surface area contributed by atoms with Gasteiger partial charge in [0.15, 0.2) is 0 Å². The van der Waals surface area contributed by atoms with Crippen LogP contribution in [-0.4, -0.2) is 20.1 Å². The van der Waals surface area contributed by atoms with Crippen LogP contribution in [0.5, 0.6) is 0 Å². The van der Waals surface area contributed by atoms with Crippen molar-refractivity contribution in [2.24, 2.45) is 0 Å². The van der Waals surface area contributed by atoms with Crippen molar-refractivity contribution in [1.29, 1.82) is 5.26 Å². The van der Waals surface area contributed by atoms with E-state index >= 15 is 0 Å². The van der Waals surface area contributed by atoms with Crippen LogP contribution in [0.15, 0.2) is 42.5 Å². The highest BCUT2D eigenvalue weighted by Gasteiger charge is 2.23. The van der Waals surface area contributed by atoms with Gasteiger partial charge in [0.2, 0.25) is 0 Å². The Balaban J connectivity index is 2.18. The predicted molar refractivity (Wildman–Crippen MR) is 82.6 cm³/mol. The van der Waals surface area contributed by atoms with Crippen LogP contribution in [0.4, 0.5) is 17.1 Å². The third-order valence-corrected chi connectivity index (χ3v) is 3.87. The summed E-state index contributed by atoms with van der Waals surface area (Å²) in [5.41, 5.74) is 5.31. The molecular weight excluding hydrogens is 246 g/mol. The highest BCUT2D eigenvalue weighted by atomic mass is 15.3. The molecule has 100 valence electrons. The molecule has 0 bridgehead atoms. The van der Waals surface area contributed by atoms with E-state index in [1.807, 2.05) is 12.1 Å². The average molecular weight is 263 g/mol. The molecule has 1 aliphatic heterocycles. The van der Waals surface area contributed by atoms with E-state index in [9.17, 15) is 5.26 Å². The Morgan fingerprint density at radius 2 is 1.75 bits per heavy atom. The number of likely N-dealkylation sites (N-methyl/N-ethyl adjacent to an activating group) is 1. The summed E-state index contributed by atoms with van der Waals surface area (Å²) < 4.78 is 0.